The number of nitrogens with zero attached hydrogens (tertiary/aromatic N) is 3. The summed E-state index contributed by atoms with van der Waals surface area (Å²) in [6.07, 6.45) is 0. The molecule has 0 aliphatic carbocycles. The summed E-state index contributed by atoms with van der Waals surface area (Å²) in [6.45, 7) is 7.22. The first-order valence-corrected chi connectivity index (χ1v) is 10.7. The number of likely N-dealkylation sites (N-methyl/N-ethyl adjacent to an activating group) is 1. The maximum atomic E-state index is 12.7. The molecule has 1 fully saturated rings. The second-order valence-electron chi connectivity index (χ2n) is 8.01. The van der Waals surface area contributed by atoms with E-state index in [4.69, 9.17) is 4.74 Å². The molecule has 30 heavy (non-hydrogen) atoms. The van der Waals surface area contributed by atoms with E-state index < -0.39 is 0 Å². The van der Waals surface area contributed by atoms with Crippen molar-refractivity contribution in [3.8, 4) is 5.75 Å². The SMILES string of the molecule is CCOc1ccc(C(=O)NC[C@@H](c2ccc(N(C)C)cc2)N2CCN(C)CC2)cc1. The van der Waals surface area contributed by atoms with Crippen molar-refractivity contribution in [2.45, 2.75) is 13.0 Å². The van der Waals surface area contributed by atoms with Gasteiger partial charge in [0.1, 0.15) is 5.75 Å². The Morgan fingerprint density at radius 3 is 2.23 bits per heavy atom. The van der Waals surface area contributed by atoms with Gasteiger partial charge in [-0.1, -0.05) is 12.1 Å². The fraction of sp³-hybridized carbons (Fsp3) is 0.458. The van der Waals surface area contributed by atoms with E-state index in [1.54, 1.807) is 0 Å². The largest absolute Gasteiger partial charge is 0.494 e. The van der Waals surface area contributed by atoms with Gasteiger partial charge in [0.2, 0.25) is 0 Å². The molecule has 1 heterocycles. The van der Waals surface area contributed by atoms with Crippen molar-refractivity contribution < 1.29 is 9.53 Å². The van der Waals surface area contributed by atoms with Crippen LogP contribution in [0.3, 0.4) is 0 Å². The lowest BCUT2D eigenvalue weighted by Gasteiger charge is -2.38. The Balaban J connectivity index is 1.70. The normalized spacial score (nSPS) is 16.1. The van der Waals surface area contributed by atoms with Crippen LogP contribution < -0.4 is 15.0 Å². The number of hydrogen-bond donors (Lipinski definition) is 1. The maximum absolute atomic E-state index is 12.7. The number of rotatable bonds is 8. The van der Waals surface area contributed by atoms with Gasteiger partial charge in [-0.15, -0.1) is 0 Å². The molecule has 2 aromatic carbocycles. The molecule has 6 nitrogen and oxygen atoms in total. The molecule has 1 aliphatic rings. The van der Waals surface area contributed by atoms with Crippen molar-refractivity contribution >= 4 is 11.6 Å². The molecule has 1 amide bonds. The minimum Gasteiger partial charge on any atom is -0.494 e. The Labute approximate surface area is 180 Å². The van der Waals surface area contributed by atoms with E-state index in [0.29, 0.717) is 18.7 Å². The molecule has 2 aromatic rings. The molecule has 0 radical (unpaired) electrons. The van der Waals surface area contributed by atoms with Gasteiger partial charge in [0.05, 0.1) is 12.6 Å². The van der Waals surface area contributed by atoms with Gasteiger partial charge in [-0.3, -0.25) is 9.69 Å². The van der Waals surface area contributed by atoms with Gasteiger partial charge >= 0.3 is 0 Å². The zero-order valence-electron chi connectivity index (χ0n) is 18.6. The number of nitrogens with one attached hydrogen (secondary N) is 1. The van der Waals surface area contributed by atoms with Crippen LogP contribution >= 0.6 is 0 Å². The highest BCUT2D eigenvalue weighted by atomic mass is 16.5. The summed E-state index contributed by atoms with van der Waals surface area (Å²) in [5.41, 5.74) is 3.06. The summed E-state index contributed by atoms with van der Waals surface area (Å²) in [4.78, 5) is 19.7. The number of hydrogen-bond acceptors (Lipinski definition) is 5. The van der Waals surface area contributed by atoms with Crippen molar-refractivity contribution in [2.24, 2.45) is 0 Å². The van der Waals surface area contributed by atoms with E-state index in [1.165, 1.54) is 11.3 Å². The summed E-state index contributed by atoms with van der Waals surface area (Å²) in [7, 11) is 6.25. The fourth-order valence-electron chi connectivity index (χ4n) is 3.75. The number of carbonyl (C=O) groups excluding carboxylic acids is 1. The molecule has 0 spiro atoms. The van der Waals surface area contributed by atoms with Crippen LogP contribution in [0.2, 0.25) is 0 Å². The molecule has 0 saturated carbocycles. The van der Waals surface area contributed by atoms with Crippen molar-refractivity contribution in [2.75, 3.05) is 65.4 Å². The quantitative estimate of drug-likeness (QED) is 0.725. The smallest absolute Gasteiger partial charge is 0.251 e. The standard InChI is InChI=1S/C24H34N4O2/c1-5-30-22-12-8-20(9-13-22)24(29)25-18-23(28-16-14-27(4)15-17-28)19-6-10-21(11-7-19)26(2)3/h6-13,23H,5,14-18H2,1-4H3,(H,25,29)/t23-/m0/s1. The molecule has 1 N–H and O–H groups in total. The third kappa shape index (κ3) is 5.74. The molecule has 0 bridgehead atoms. The Morgan fingerprint density at radius 1 is 1.03 bits per heavy atom. The molecule has 0 unspecified atom stereocenters. The first-order chi connectivity index (χ1) is 14.5. The molecule has 1 aliphatic heterocycles. The molecular formula is C24H34N4O2. The predicted octanol–water partition coefficient (Wildman–Crippen LogP) is 2.87. The number of carbonyl (C=O) groups is 1. The van der Waals surface area contributed by atoms with Gasteiger partial charge in [-0.2, -0.15) is 0 Å². The van der Waals surface area contributed by atoms with Gasteiger partial charge in [0.15, 0.2) is 0 Å². The molecular weight excluding hydrogens is 376 g/mol. The highest BCUT2D eigenvalue weighted by Crippen LogP contribution is 2.24. The first-order valence-electron chi connectivity index (χ1n) is 10.7. The van der Waals surface area contributed by atoms with Gasteiger partial charge in [-0.05, 0) is 55.9 Å². The monoisotopic (exact) mass is 410 g/mol. The van der Waals surface area contributed by atoms with E-state index in [9.17, 15) is 4.79 Å². The van der Waals surface area contributed by atoms with Crippen LogP contribution in [0.4, 0.5) is 5.69 Å². The molecule has 6 heteroatoms. The second-order valence-corrected chi connectivity index (χ2v) is 8.01. The van der Waals surface area contributed by atoms with Crippen molar-refractivity contribution in [3.05, 3.63) is 59.7 Å². The number of amides is 1. The minimum absolute atomic E-state index is 0.0536. The average Bonchev–Trinajstić information content (AvgIpc) is 2.76. The maximum Gasteiger partial charge on any atom is 0.251 e. The van der Waals surface area contributed by atoms with E-state index in [1.807, 2.05) is 45.3 Å². The van der Waals surface area contributed by atoms with Gasteiger partial charge in [-0.25, -0.2) is 0 Å². The molecule has 1 saturated heterocycles. The van der Waals surface area contributed by atoms with Gasteiger partial charge in [0.25, 0.3) is 5.91 Å². The Kier molecular flexibility index (Phi) is 7.71. The average molecular weight is 411 g/mol. The molecule has 162 valence electrons. The van der Waals surface area contributed by atoms with Crippen LogP contribution in [0.5, 0.6) is 5.75 Å². The highest BCUT2D eigenvalue weighted by Gasteiger charge is 2.24. The zero-order valence-corrected chi connectivity index (χ0v) is 18.6. The second kappa shape index (κ2) is 10.5. The third-order valence-corrected chi connectivity index (χ3v) is 5.66. The summed E-state index contributed by atoms with van der Waals surface area (Å²) >= 11 is 0. The predicted molar refractivity (Wildman–Crippen MR) is 123 cm³/mol. The molecule has 0 aromatic heterocycles. The summed E-state index contributed by atoms with van der Waals surface area (Å²) < 4.78 is 5.47. The zero-order chi connectivity index (χ0) is 21.5. The number of ether oxygens (including phenoxy) is 1. The van der Waals surface area contributed by atoms with E-state index in [0.717, 1.165) is 31.9 Å². The number of piperazine rings is 1. The Hall–Kier alpha value is -2.57. The van der Waals surface area contributed by atoms with E-state index in [2.05, 4.69) is 51.3 Å². The highest BCUT2D eigenvalue weighted by molar-refractivity contribution is 5.94. The Morgan fingerprint density at radius 2 is 1.67 bits per heavy atom. The van der Waals surface area contributed by atoms with Crippen molar-refractivity contribution in [1.82, 2.24) is 15.1 Å². The number of anilines is 1. The lowest BCUT2D eigenvalue weighted by molar-refractivity contribution is 0.0886. The summed E-state index contributed by atoms with van der Waals surface area (Å²) in [6, 6.07) is 16.1. The van der Waals surface area contributed by atoms with Crippen molar-refractivity contribution in [1.29, 1.82) is 0 Å². The summed E-state index contributed by atoms with van der Waals surface area (Å²) in [5.74, 6) is 0.729. The topological polar surface area (TPSA) is 48.1 Å². The molecule has 1 atom stereocenters. The first kappa shape index (κ1) is 22.1. The van der Waals surface area contributed by atoms with E-state index >= 15 is 0 Å². The van der Waals surface area contributed by atoms with E-state index in [-0.39, 0.29) is 11.9 Å². The fourth-order valence-corrected chi connectivity index (χ4v) is 3.75. The molecule has 3 rings (SSSR count). The van der Waals surface area contributed by atoms with Crippen LogP contribution in [0.25, 0.3) is 0 Å². The number of benzene rings is 2. The van der Waals surface area contributed by atoms with Crippen LogP contribution in [0.1, 0.15) is 28.9 Å². The van der Waals surface area contributed by atoms with Crippen LogP contribution in [0.15, 0.2) is 48.5 Å². The van der Waals surface area contributed by atoms with Crippen LogP contribution in [-0.4, -0.2) is 76.2 Å². The van der Waals surface area contributed by atoms with Crippen LogP contribution in [0, 0.1) is 0 Å². The Bertz CT molecular complexity index is 797. The minimum atomic E-state index is -0.0536. The van der Waals surface area contributed by atoms with Gasteiger partial charge < -0.3 is 19.9 Å². The summed E-state index contributed by atoms with van der Waals surface area (Å²) in [5, 5.41) is 3.15. The lowest BCUT2D eigenvalue weighted by Crippen LogP contribution is -2.48. The van der Waals surface area contributed by atoms with Gasteiger partial charge in [0, 0.05) is 58.1 Å². The van der Waals surface area contributed by atoms with Crippen molar-refractivity contribution in [3.63, 3.8) is 0 Å². The third-order valence-electron chi connectivity index (χ3n) is 5.66. The van der Waals surface area contributed by atoms with Crippen LogP contribution in [-0.2, 0) is 0 Å². The lowest BCUT2D eigenvalue weighted by atomic mass is 10.0.